The summed E-state index contributed by atoms with van der Waals surface area (Å²) in [7, 11) is -3.40. The second-order valence-corrected chi connectivity index (χ2v) is 9.42. The molecule has 1 aromatic heterocycles. The maximum Gasteiger partial charge on any atom is 0.281 e. The van der Waals surface area contributed by atoms with Crippen LogP contribution in [0.1, 0.15) is 55.1 Å². The van der Waals surface area contributed by atoms with Gasteiger partial charge < -0.3 is 0 Å². The molecule has 5 nitrogen and oxygen atoms in total. The van der Waals surface area contributed by atoms with Gasteiger partial charge in [-0.3, -0.25) is 4.98 Å². The molecule has 152 valence electrons. The SMILES string of the molecule is CCN(CC)S(=O)(=O)N1CCCC(c2cc(Cc3ccccc3)cc(C)n2)C1. The van der Waals surface area contributed by atoms with Crippen molar-refractivity contribution in [2.24, 2.45) is 0 Å². The Morgan fingerprint density at radius 3 is 2.50 bits per heavy atom. The van der Waals surface area contributed by atoms with Crippen LogP contribution in [0.5, 0.6) is 0 Å². The summed E-state index contributed by atoms with van der Waals surface area (Å²) in [5.74, 6) is 0.147. The molecule has 0 spiro atoms. The molecule has 1 aromatic carbocycles. The summed E-state index contributed by atoms with van der Waals surface area (Å²) < 4.78 is 29.1. The van der Waals surface area contributed by atoms with Gasteiger partial charge in [0.25, 0.3) is 10.2 Å². The van der Waals surface area contributed by atoms with E-state index >= 15 is 0 Å². The Kier molecular flexibility index (Phi) is 6.86. The highest BCUT2D eigenvalue weighted by atomic mass is 32.2. The first-order valence-electron chi connectivity index (χ1n) is 10.2. The van der Waals surface area contributed by atoms with Crippen molar-refractivity contribution in [1.29, 1.82) is 0 Å². The van der Waals surface area contributed by atoms with Crippen molar-refractivity contribution in [1.82, 2.24) is 13.6 Å². The van der Waals surface area contributed by atoms with E-state index in [1.165, 1.54) is 11.1 Å². The first-order chi connectivity index (χ1) is 13.4. The van der Waals surface area contributed by atoms with Gasteiger partial charge in [-0.15, -0.1) is 0 Å². The molecule has 1 fully saturated rings. The van der Waals surface area contributed by atoms with Gasteiger partial charge in [0.1, 0.15) is 0 Å². The highest BCUT2D eigenvalue weighted by Crippen LogP contribution is 2.29. The Morgan fingerprint density at radius 1 is 1.11 bits per heavy atom. The fourth-order valence-electron chi connectivity index (χ4n) is 4.02. The van der Waals surface area contributed by atoms with Crippen molar-refractivity contribution in [2.75, 3.05) is 26.2 Å². The summed E-state index contributed by atoms with van der Waals surface area (Å²) in [5.41, 5.74) is 4.52. The van der Waals surface area contributed by atoms with Crippen LogP contribution in [-0.4, -0.2) is 48.2 Å². The summed E-state index contributed by atoms with van der Waals surface area (Å²) in [6, 6.07) is 14.7. The Morgan fingerprint density at radius 2 is 1.82 bits per heavy atom. The summed E-state index contributed by atoms with van der Waals surface area (Å²) in [6.07, 6.45) is 2.71. The van der Waals surface area contributed by atoms with E-state index in [2.05, 4.69) is 36.4 Å². The fraction of sp³-hybridized carbons (Fsp3) is 0.500. The quantitative estimate of drug-likeness (QED) is 0.710. The van der Waals surface area contributed by atoms with Crippen molar-refractivity contribution in [3.63, 3.8) is 0 Å². The molecule has 0 N–H and O–H groups in total. The topological polar surface area (TPSA) is 53.5 Å². The summed E-state index contributed by atoms with van der Waals surface area (Å²) in [6.45, 7) is 7.91. The molecule has 0 bridgehead atoms. The molecule has 2 heterocycles. The minimum atomic E-state index is -3.40. The lowest BCUT2D eigenvalue weighted by Crippen LogP contribution is -2.47. The molecule has 3 rings (SSSR count). The van der Waals surface area contributed by atoms with Crippen LogP contribution in [0.25, 0.3) is 0 Å². The maximum absolute atomic E-state index is 12.9. The first kappa shape index (κ1) is 21.0. The number of piperidine rings is 1. The fourth-order valence-corrected chi connectivity index (χ4v) is 5.72. The second-order valence-electron chi connectivity index (χ2n) is 7.49. The highest BCUT2D eigenvalue weighted by Gasteiger charge is 2.33. The van der Waals surface area contributed by atoms with Gasteiger partial charge in [-0.25, -0.2) is 0 Å². The summed E-state index contributed by atoms with van der Waals surface area (Å²) in [4.78, 5) is 4.77. The molecule has 1 aliphatic rings. The van der Waals surface area contributed by atoms with E-state index in [-0.39, 0.29) is 5.92 Å². The lowest BCUT2D eigenvalue weighted by atomic mass is 9.93. The van der Waals surface area contributed by atoms with Gasteiger partial charge in [0.15, 0.2) is 0 Å². The number of nitrogens with zero attached hydrogens (tertiary/aromatic N) is 3. The van der Waals surface area contributed by atoms with E-state index in [4.69, 9.17) is 4.98 Å². The van der Waals surface area contributed by atoms with Crippen LogP contribution in [0, 0.1) is 6.92 Å². The number of benzene rings is 1. The monoisotopic (exact) mass is 401 g/mol. The van der Waals surface area contributed by atoms with Gasteiger partial charge in [-0.2, -0.15) is 17.0 Å². The molecule has 1 saturated heterocycles. The molecule has 1 aliphatic heterocycles. The van der Waals surface area contributed by atoms with Gasteiger partial charge in [0.05, 0.1) is 0 Å². The van der Waals surface area contributed by atoms with Crippen molar-refractivity contribution in [3.8, 4) is 0 Å². The number of aryl methyl sites for hydroxylation is 1. The predicted octanol–water partition coefficient (Wildman–Crippen LogP) is 3.75. The minimum absolute atomic E-state index is 0.147. The Labute approximate surface area is 169 Å². The summed E-state index contributed by atoms with van der Waals surface area (Å²) >= 11 is 0. The molecule has 28 heavy (non-hydrogen) atoms. The average Bonchev–Trinajstić information content (AvgIpc) is 2.69. The Bertz CT molecular complexity index is 880. The van der Waals surface area contributed by atoms with Crippen molar-refractivity contribution < 1.29 is 8.42 Å². The lowest BCUT2D eigenvalue weighted by Gasteiger charge is -2.35. The molecule has 6 heteroatoms. The standard InChI is InChI=1S/C22H31N3O2S/c1-4-24(5-2)28(26,27)25-13-9-12-21(17-25)22-16-20(14-18(3)23-22)15-19-10-7-6-8-11-19/h6-8,10-11,14,16,21H,4-5,9,12-13,15,17H2,1-3H3. The van der Waals surface area contributed by atoms with Crippen molar-refractivity contribution in [3.05, 3.63) is 65.0 Å². The van der Waals surface area contributed by atoms with Gasteiger partial charge in [-0.1, -0.05) is 44.2 Å². The van der Waals surface area contributed by atoms with Crippen LogP contribution >= 0.6 is 0 Å². The van der Waals surface area contributed by atoms with Crippen LogP contribution in [0.2, 0.25) is 0 Å². The third kappa shape index (κ3) is 4.80. The van der Waals surface area contributed by atoms with E-state index in [0.717, 1.165) is 30.7 Å². The van der Waals surface area contributed by atoms with Crippen LogP contribution in [0.3, 0.4) is 0 Å². The molecule has 1 unspecified atom stereocenters. The zero-order valence-corrected chi connectivity index (χ0v) is 18.0. The highest BCUT2D eigenvalue weighted by molar-refractivity contribution is 7.86. The number of hydrogen-bond acceptors (Lipinski definition) is 3. The first-order valence-corrected chi connectivity index (χ1v) is 11.6. The molecule has 0 radical (unpaired) electrons. The summed E-state index contributed by atoms with van der Waals surface area (Å²) in [5, 5.41) is 0. The van der Waals surface area contributed by atoms with E-state index < -0.39 is 10.2 Å². The Balaban J connectivity index is 1.81. The van der Waals surface area contributed by atoms with Crippen molar-refractivity contribution in [2.45, 2.75) is 46.0 Å². The normalized spacial score (nSPS) is 18.5. The Hall–Kier alpha value is -1.76. The molecular weight excluding hydrogens is 370 g/mol. The predicted molar refractivity (Wildman–Crippen MR) is 114 cm³/mol. The third-order valence-corrected chi connectivity index (χ3v) is 7.60. The molecule has 0 saturated carbocycles. The van der Waals surface area contributed by atoms with Gasteiger partial charge in [0, 0.05) is 43.5 Å². The number of hydrogen-bond donors (Lipinski definition) is 0. The molecule has 1 atom stereocenters. The second kappa shape index (κ2) is 9.16. The number of aromatic nitrogens is 1. The molecular formula is C22H31N3O2S. The molecule has 0 aliphatic carbocycles. The van der Waals surface area contributed by atoms with E-state index in [0.29, 0.717) is 26.2 Å². The zero-order valence-electron chi connectivity index (χ0n) is 17.1. The van der Waals surface area contributed by atoms with Crippen LogP contribution < -0.4 is 0 Å². The van der Waals surface area contributed by atoms with Gasteiger partial charge >= 0.3 is 0 Å². The van der Waals surface area contributed by atoms with Gasteiger partial charge in [-0.05, 0) is 49.4 Å². The molecule has 0 amide bonds. The van der Waals surface area contributed by atoms with E-state index in [1.54, 1.807) is 8.61 Å². The minimum Gasteiger partial charge on any atom is -0.258 e. The van der Waals surface area contributed by atoms with E-state index in [9.17, 15) is 8.42 Å². The average molecular weight is 402 g/mol. The van der Waals surface area contributed by atoms with Crippen LogP contribution in [-0.2, 0) is 16.6 Å². The number of rotatable bonds is 7. The van der Waals surface area contributed by atoms with Crippen molar-refractivity contribution >= 4 is 10.2 Å². The van der Waals surface area contributed by atoms with Crippen LogP contribution in [0.4, 0.5) is 0 Å². The van der Waals surface area contributed by atoms with Gasteiger partial charge in [0.2, 0.25) is 0 Å². The van der Waals surface area contributed by atoms with E-state index in [1.807, 2.05) is 26.8 Å². The molecule has 2 aromatic rings. The largest absolute Gasteiger partial charge is 0.281 e. The maximum atomic E-state index is 12.9. The smallest absolute Gasteiger partial charge is 0.258 e. The zero-order chi connectivity index (χ0) is 20.1. The number of pyridine rings is 1. The lowest BCUT2D eigenvalue weighted by molar-refractivity contribution is 0.285. The third-order valence-electron chi connectivity index (χ3n) is 5.44. The van der Waals surface area contributed by atoms with Crippen LogP contribution in [0.15, 0.2) is 42.5 Å².